The molecule has 0 saturated carbocycles. The van der Waals surface area contributed by atoms with Crippen molar-refractivity contribution in [2.24, 2.45) is 5.73 Å². The smallest absolute Gasteiger partial charge is 0.150 e. The van der Waals surface area contributed by atoms with Crippen molar-refractivity contribution >= 4 is 18.4 Å². The minimum Gasteiger partial charge on any atom is -0.321 e. The molecule has 8 heavy (non-hydrogen) atoms. The van der Waals surface area contributed by atoms with Gasteiger partial charge >= 0.3 is 0 Å². The standard InChI is InChI=1S/C5H11NOS/c1-2-5(7)4(6)3-8/h4,8H,2-3,6H2,1H3/t4-/m1/s1. The third-order valence-corrected chi connectivity index (χ3v) is 1.35. The molecule has 0 bridgehead atoms. The van der Waals surface area contributed by atoms with Gasteiger partial charge in [0.2, 0.25) is 0 Å². The van der Waals surface area contributed by atoms with Crippen LogP contribution in [0.2, 0.25) is 0 Å². The van der Waals surface area contributed by atoms with Crippen molar-refractivity contribution in [2.75, 3.05) is 5.75 Å². The Balaban J connectivity index is 3.46. The number of nitrogens with two attached hydrogens (primary N) is 1. The molecule has 0 amide bonds. The Hall–Kier alpha value is -0.0200. The summed E-state index contributed by atoms with van der Waals surface area (Å²) in [6.07, 6.45) is 0.516. The van der Waals surface area contributed by atoms with E-state index in [2.05, 4.69) is 12.6 Å². The van der Waals surface area contributed by atoms with Crippen molar-refractivity contribution in [3.05, 3.63) is 0 Å². The van der Waals surface area contributed by atoms with Gasteiger partial charge in [0.05, 0.1) is 6.04 Å². The van der Waals surface area contributed by atoms with Crippen LogP contribution in [0.5, 0.6) is 0 Å². The van der Waals surface area contributed by atoms with Crippen molar-refractivity contribution in [1.82, 2.24) is 0 Å². The van der Waals surface area contributed by atoms with E-state index in [0.29, 0.717) is 12.2 Å². The van der Waals surface area contributed by atoms with Crippen LogP contribution < -0.4 is 5.73 Å². The van der Waals surface area contributed by atoms with E-state index in [1.807, 2.05) is 0 Å². The Bertz CT molecular complexity index is 84.5. The summed E-state index contributed by atoms with van der Waals surface area (Å²) in [5, 5.41) is 0. The predicted molar refractivity (Wildman–Crippen MR) is 37.1 cm³/mol. The molecule has 2 nitrogen and oxygen atoms in total. The number of thiol groups is 1. The van der Waals surface area contributed by atoms with Crippen molar-refractivity contribution in [3.8, 4) is 0 Å². The van der Waals surface area contributed by atoms with Gasteiger partial charge in [-0.15, -0.1) is 0 Å². The highest BCUT2D eigenvalue weighted by Gasteiger charge is 2.06. The van der Waals surface area contributed by atoms with Crippen molar-refractivity contribution < 1.29 is 4.79 Å². The van der Waals surface area contributed by atoms with Gasteiger partial charge in [-0.1, -0.05) is 6.92 Å². The summed E-state index contributed by atoms with van der Waals surface area (Å²) in [5.74, 6) is 0.534. The molecule has 0 aromatic heterocycles. The average molecular weight is 133 g/mol. The van der Waals surface area contributed by atoms with E-state index in [4.69, 9.17) is 5.73 Å². The van der Waals surface area contributed by atoms with Crippen LogP contribution in [0.3, 0.4) is 0 Å². The molecule has 0 fully saturated rings. The van der Waals surface area contributed by atoms with Gasteiger partial charge in [-0.3, -0.25) is 4.79 Å². The van der Waals surface area contributed by atoms with Crippen LogP contribution in [0.1, 0.15) is 13.3 Å². The summed E-state index contributed by atoms with van der Waals surface area (Å²) < 4.78 is 0. The third kappa shape index (κ3) is 2.33. The number of Topliss-reactive ketones (excluding diaryl/α,β-unsaturated/α-hetero) is 1. The Morgan fingerprint density at radius 3 is 2.50 bits per heavy atom. The molecule has 0 saturated heterocycles. The Morgan fingerprint density at radius 2 is 2.38 bits per heavy atom. The number of carbonyl (C=O) groups is 1. The molecule has 3 heteroatoms. The van der Waals surface area contributed by atoms with Gasteiger partial charge < -0.3 is 5.73 Å². The van der Waals surface area contributed by atoms with Crippen LogP contribution in [0.4, 0.5) is 0 Å². The predicted octanol–water partition coefficient (Wildman–Crippen LogP) is 0.223. The van der Waals surface area contributed by atoms with E-state index in [-0.39, 0.29) is 11.8 Å². The van der Waals surface area contributed by atoms with Crippen LogP contribution in [-0.4, -0.2) is 17.6 Å². The molecule has 0 aliphatic carbocycles. The molecular weight excluding hydrogens is 122 g/mol. The van der Waals surface area contributed by atoms with Gasteiger partial charge in [-0.05, 0) is 0 Å². The zero-order chi connectivity index (χ0) is 6.57. The lowest BCUT2D eigenvalue weighted by Crippen LogP contribution is -2.31. The maximum atomic E-state index is 10.6. The highest BCUT2D eigenvalue weighted by atomic mass is 32.1. The second kappa shape index (κ2) is 3.92. The molecule has 0 aliphatic heterocycles. The summed E-state index contributed by atoms with van der Waals surface area (Å²) in [6.45, 7) is 1.80. The van der Waals surface area contributed by atoms with Gasteiger partial charge in [0.25, 0.3) is 0 Å². The lowest BCUT2D eigenvalue weighted by atomic mass is 10.2. The van der Waals surface area contributed by atoms with Gasteiger partial charge in [0.15, 0.2) is 0 Å². The van der Waals surface area contributed by atoms with Crippen molar-refractivity contribution in [2.45, 2.75) is 19.4 Å². The highest BCUT2D eigenvalue weighted by molar-refractivity contribution is 7.80. The number of rotatable bonds is 3. The van der Waals surface area contributed by atoms with Crippen LogP contribution in [0.25, 0.3) is 0 Å². The summed E-state index contributed by atoms with van der Waals surface area (Å²) in [4.78, 5) is 10.6. The molecular formula is C5H11NOS. The molecule has 0 aromatic rings. The van der Waals surface area contributed by atoms with E-state index in [9.17, 15) is 4.79 Å². The van der Waals surface area contributed by atoms with Gasteiger partial charge in [0, 0.05) is 12.2 Å². The summed E-state index contributed by atoms with van der Waals surface area (Å²) in [7, 11) is 0. The van der Waals surface area contributed by atoms with Crippen molar-refractivity contribution in [1.29, 1.82) is 0 Å². The van der Waals surface area contributed by atoms with E-state index < -0.39 is 0 Å². The first-order chi connectivity index (χ1) is 3.72. The molecule has 0 radical (unpaired) electrons. The first kappa shape index (κ1) is 7.98. The second-order valence-corrected chi connectivity index (χ2v) is 1.97. The monoisotopic (exact) mass is 133 g/mol. The highest BCUT2D eigenvalue weighted by Crippen LogP contribution is 1.88. The average Bonchev–Trinajstić information content (AvgIpc) is 1.84. The number of hydrogen-bond acceptors (Lipinski definition) is 3. The molecule has 0 aliphatic rings. The Kier molecular flexibility index (Phi) is 3.91. The SMILES string of the molecule is CCC(=O)[C@H](N)CS. The lowest BCUT2D eigenvalue weighted by Gasteiger charge is -2.01. The van der Waals surface area contributed by atoms with E-state index in [0.717, 1.165) is 0 Å². The van der Waals surface area contributed by atoms with Crippen LogP contribution >= 0.6 is 12.6 Å². The van der Waals surface area contributed by atoms with E-state index in [1.54, 1.807) is 6.92 Å². The van der Waals surface area contributed by atoms with Crippen LogP contribution in [0, 0.1) is 0 Å². The minimum absolute atomic E-state index is 0.0833. The van der Waals surface area contributed by atoms with E-state index >= 15 is 0 Å². The van der Waals surface area contributed by atoms with Gasteiger partial charge in [-0.25, -0.2) is 0 Å². The fraction of sp³-hybridized carbons (Fsp3) is 0.800. The fourth-order valence-corrected chi connectivity index (χ4v) is 0.568. The van der Waals surface area contributed by atoms with Gasteiger partial charge in [-0.2, -0.15) is 12.6 Å². The molecule has 0 unspecified atom stereocenters. The third-order valence-electron chi connectivity index (χ3n) is 0.959. The topological polar surface area (TPSA) is 43.1 Å². The van der Waals surface area contributed by atoms with Crippen LogP contribution in [-0.2, 0) is 4.79 Å². The van der Waals surface area contributed by atoms with E-state index in [1.165, 1.54) is 0 Å². The number of ketones is 1. The van der Waals surface area contributed by atoms with Crippen LogP contribution in [0.15, 0.2) is 0 Å². The summed E-state index contributed by atoms with van der Waals surface area (Å²) in [5.41, 5.74) is 5.30. The molecule has 0 spiro atoms. The maximum Gasteiger partial charge on any atom is 0.150 e. The second-order valence-electron chi connectivity index (χ2n) is 1.61. The zero-order valence-corrected chi connectivity index (χ0v) is 5.82. The maximum absolute atomic E-state index is 10.6. The molecule has 0 rings (SSSR count). The minimum atomic E-state index is -0.358. The van der Waals surface area contributed by atoms with Crippen molar-refractivity contribution in [3.63, 3.8) is 0 Å². The summed E-state index contributed by atoms with van der Waals surface area (Å²) in [6, 6.07) is -0.358. The largest absolute Gasteiger partial charge is 0.321 e. The number of carbonyl (C=O) groups excluding carboxylic acids is 1. The quantitative estimate of drug-likeness (QED) is 0.541. The fourth-order valence-electron chi connectivity index (χ4n) is 0.364. The normalized spacial score (nSPS) is 13.4. The first-order valence-corrected chi connectivity index (χ1v) is 3.24. The summed E-state index contributed by atoms with van der Waals surface area (Å²) >= 11 is 3.86. The molecule has 0 aromatic carbocycles. The Labute approximate surface area is 54.9 Å². The molecule has 48 valence electrons. The number of hydrogen-bond donors (Lipinski definition) is 2. The Morgan fingerprint density at radius 1 is 1.88 bits per heavy atom. The molecule has 1 atom stereocenters. The zero-order valence-electron chi connectivity index (χ0n) is 4.92. The molecule has 2 N–H and O–H groups in total. The first-order valence-electron chi connectivity index (χ1n) is 2.61. The molecule has 0 heterocycles. The lowest BCUT2D eigenvalue weighted by molar-refractivity contribution is -0.119. The van der Waals surface area contributed by atoms with Gasteiger partial charge in [0.1, 0.15) is 5.78 Å².